The average molecular weight is 277 g/mol. The number of thiazole rings is 1. The minimum atomic E-state index is 0.557. The van der Waals surface area contributed by atoms with E-state index in [1.165, 1.54) is 4.88 Å². The highest BCUT2D eigenvalue weighted by Crippen LogP contribution is 2.20. The molecule has 0 unspecified atom stereocenters. The number of aromatic nitrogens is 3. The number of anilines is 2. The van der Waals surface area contributed by atoms with Gasteiger partial charge in [-0.1, -0.05) is 6.92 Å². The van der Waals surface area contributed by atoms with E-state index in [1.54, 1.807) is 11.3 Å². The molecular formula is C13H19N5S. The number of nitrogens with two attached hydrogens (primary N) is 1. The van der Waals surface area contributed by atoms with Crippen molar-refractivity contribution in [3.63, 3.8) is 0 Å². The zero-order valence-electron chi connectivity index (χ0n) is 11.5. The second kappa shape index (κ2) is 5.97. The fraction of sp³-hybridized carbons (Fsp3) is 0.462. The standard InChI is InChI=1S/C13H19N5S/c1-4-5-11-17-12(14)8(2)13(18-11)16-7-10-6-15-9(3)19-10/h6H,4-5,7H2,1-3H3,(H3,14,16,17,18). The third kappa shape index (κ3) is 3.41. The fourth-order valence-corrected chi connectivity index (χ4v) is 2.48. The third-order valence-electron chi connectivity index (χ3n) is 2.80. The van der Waals surface area contributed by atoms with Crippen molar-refractivity contribution in [3.05, 3.63) is 27.5 Å². The third-order valence-corrected chi connectivity index (χ3v) is 3.72. The van der Waals surface area contributed by atoms with Crippen LogP contribution in [0.2, 0.25) is 0 Å². The second-order valence-corrected chi connectivity index (χ2v) is 5.77. The molecule has 0 spiro atoms. The van der Waals surface area contributed by atoms with E-state index in [2.05, 4.69) is 27.2 Å². The zero-order valence-corrected chi connectivity index (χ0v) is 12.3. The summed E-state index contributed by atoms with van der Waals surface area (Å²) in [4.78, 5) is 14.2. The molecule has 0 atom stereocenters. The van der Waals surface area contributed by atoms with Crippen LogP contribution in [0.4, 0.5) is 11.6 Å². The molecule has 0 aliphatic rings. The van der Waals surface area contributed by atoms with Gasteiger partial charge in [0.05, 0.1) is 11.6 Å². The lowest BCUT2D eigenvalue weighted by Gasteiger charge is -2.11. The number of hydrogen-bond donors (Lipinski definition) is 2. The first-order valence-corrected chi connectivity index (χ1v) is 7.20. The van der Waals surface area contributed by atoms with E-state index in [0.717, 1.165) is 35.1 Å². The van der Waals surface area contributed by atoms with Crippen molar-refractivity contribution in [2.24, 2.45) is 0 Å². The average Bonchev–Trinajstić information content (AvgIpc) is 2.78. The summed E-state index contributed by atoms with van der Waals surface area (Å²) in [5.74, 6) is 2.18. The van der Waals surface area contributed by atoms with E-state index in [-0.39, 0.29) is 0 Å². The molecule has 0 aliphatic heterocycles. The maximum absolute atomic E-state index is 5.92. The Kier molecular flexibility index (Phi) is 4.31. The molecule has 0 fully saturated rings. The minimum absolute atomic E-state index is 0.557. The number of hydrogen-bond acceptors (Lipinski definition) is 6. The van der Waals surface area contributed by atoms with Crippen molar-refractivity contribution in [1.29, 1.82) is 0 Å². The van der Waals surface area contributed by atoms with Crippen LogP contribution >= 0.6 is 11.3 Å². The highest BCUT2D eigenvalue weighted by atomic mass is 32.1. The van der Waals surface area contributed by atoms with Gasteiger partial charge in [-0.05, 0) is 20.3 Å². The molecule has 6 heteroatoms. The number of nitrogens with zero attached hydrogens (tertiary/aromatic N) is 3. The SMILES string of the molecule is CCCc1nc(N)c(C)c(NCc2cnc(C)s2)n1. The Morgan fingerprint density at radius 2 is 2.11 bits per heavy atom. The van der Waals surface area contributed by atoms with E-state index in [4.69, 9.17) is 5.73 Å². The molecule has 0 aromatic carbocycles. The van der Waals surface area contributed by atoms with Gasteiger partial charge in [0.2, 0.25) is 0 Å². The molecule has 0 saturated heterocycles. The Bertz CT molecular complexity index is 564. The molecule has 2 heterocycles. The number of nitrogens with one attached hydrogen (secondary N) is 1. The summed E-state index contributed by atoms with van der Waals surface area (Å²) in [6.07, 6.45) is 3.74. The number of nitrogen functional groups attached to an aromatic ring is 1. The maximum atomic E-state index is 5.92. The van der Waals surface area contributed by atoms with Crippen LogP contribution in [0.15, 0.2) is 6.20 Å². The molecule has 2 aromatic heterocycles. The lowest BCUT2D eigenvalue weighted by atomic mass is 10.2. The molecule has 102 valence electrons. The van der Waals surface area contributed by atoms with Crippen molar-refractivity contribution in [3.8, 4) is 0 Å². The zero-order chi connectivity index (χ0) is 13.8. The van der Waals surface area contributed by atoms with Gasteiger partial charge in [-0.25, -0.2) is 15.0 Å². The Morgan fingerprint density at radius 1 is 1.32 bits per heavy atom. The quantitative estimate of drug-likeness (QED) is 0.878. The van der Waals surface area contributed by atoms with Crippen molar-refractivity contribution in [2.75, 3.05) is 11.1 Å². The van der Waals surface area contributed by atoms with Crippen LogP contribution in [-0.4, -0.2) is 15.0 Å². The molecular weight excluding hydrogens is 258 g/mol. The van der Waals surface area contributed by atoms with Crippen LogP contribution in [0.25, 0.3) is 0 Å². The predicted octanol–water partition coefficient (Wildman–Crippen LogP) is 2.70. The van der Waals surface area contributed by atoms with Crippen molar-refractivity contribution in [1.82, 2.24) is 15.0 Å². The summed E-state index contributed by atoms with van der Waals surface area (Å²) in [5.41, 5.74) is 6.83. The van der Waals surface area contributed by atoms with E-state index >= 15 is 0 Å². The normalized spacial score (nSPS) is 10.7. The maximum Gasteiger partial charge on any atom is 0.135 e. The highest BCUT2D eigenvalue weighted by molar-refractivity contribution is 7.11. The van der Waals surface area contributed by atoms with Crippen molar-refractivity contribution in [2.45, 2.75) is 40.2 Å². The van der Waals surface area contributed by atoms with Crippen LogP contribution in [0.1, 0.15) is 34.6 Å². The molecule has 3 N–H and O–H groups in total. The van der Waals surface area contributed by atoms with Gasteiger partial charge < -0.3 is 11.1 Å². The summed E-state index contributed by atoms with van der Waals surface area (Å²) in [6.45, 7) is 6.76. The van der Waals surface area contributed by atoms with Gasteiger partial charge >= 0.3 is 0 Å². The van der Waals surface area contributed by atoms with E-state index in [0.29, 0.717) is 12.4 Å². The highest BCUT2D eigenvalue weighted by Gasteiger charge is 2.08. The lowest BCUT2D eigenvalue weighted by molar-refractivity contribution is 0.833. The van der Waals surface area contributed by atoms with Gasteiger partial charge in [0.25, 0.3) is 0 Å². The van der Waals surface area contributed by atoms with Crippen LogP contribution in [0.5, 0.6) is 0 Å². The Balaban J connectivity index is 2.14. The lowest BCUT2D eigenvalue weighted by Crippen LogP contribution is -2.09. The number of rotatable bonds is 5. The van der Waals surface area contributed by atoms with Gasteiger partial charge in [-0.15, -0.1) is 11.3 Å². The molecule has 5 nitrogen and oxygen atoms in total. The summed E-state index contributed by atoms with van der Waals surface area (Å²) in [5, 5.41) is 4.39. The topological polar surface area (TPSA) is 76.7 Å². The largest absolute Gasteiger partial charge is 0.383 e. The van der Waals surface area contributed by atoms with Crippen molar-refractivity contribution < 1.29 is 0 Å². The van der Waals surface area contributed by atoms with Crippen molar-refractivity contribution >= 4 is 23.0 Å². The monoisotopic (exact) mass is 277 g/mol. The number of aryl methyl sites for hydroxylation is 2. The Labute approximate surface area is 117 Å². The van der Waals surface area contributed by atoms with Crippen LogP contribution in [0, 0.1) is 13.8 Å². The van der Waals surface area contributed by atoms with E-state index in [1.807, 2.05) is 20.0 Å². The van der Waals surface area contributed by atoms with Gasteiger partial charge in [-0.2, -0.15) is 0 Å². The first-order chi connectivity index (χ1) is 9.10. The molecule has 2 aromatic rings. The Hall–Kier alpha value is -1.69. The smallest absolute Gasteiger partial charge is 0.135 e. The molecule has 0 saturated carbocycles. The molecule has 0 bridgehead atoms. The first kappa shape index (κ1) is 13.7. The van der Waals surface area contributed by atoms with E-state index in [9.17, 15) is 0 Å². The second-order valence-electron chi connectivity index (χ2n) is 4.45. The van der Waals surface area contributed by atoms with Gasteiger partial charge in [-0.3, -0.25) is 0 Å². The summed E-state index contributed by atoms with van der Waals surface area (Å²) >= 11 is 1.68. The predicted molar refractivity (Wildman–Crippen MR) is 79.4 cm³/mol. The van der Waals surface area contributed by atoms with Crippen LogP contribution < -0.4 is 11.1 Å². The Morgan fingerprint density at radius 3 is 2.74 bits per heavy atom. The minimum Gasteiger partial charge on any atom is -0.383 e. The molecule has 19 heavy (non-hydrogen) atoms. The van der Waals surface area contributed by atoms with Crippen LogP contribution in [0.3, 0.4) is 0 Å². The molecule has 0 radical (unpaired) electrons. The first-order valence-electron chi connectivity index (χ1n) is 6.38. The molecule has 2 rings (SSSR count). The summed E-state index contributed by atoms with van der Waals surface area (Å²) in [6, 6.07) is 0. The fourth-order valence-electron chi connectivity index (χ4n) is 1.75. The van der Waals surface area contributed by atoms with E-state index < -0.39 is 0 Å². The van der Waals surface area contributed by atoms with Gasteiger partial charge in [0.15, 0.2) is 0 Å². The van der Waals surface area contributed by atoms with Gasteiger partial charge in [0, 0.05) is 23.1 Å². The van der Waals surface area contributed by atoms with Gasteiger partial charge in [0.1, 0.15) is 17.5 Å². The summed E-state index contributed by atoms with van der Waals surface area (Å²) < 4.78 is 0. The molecule has 0 aliphatic carbocycles. The summed E-state index contributed by atoms with van der Waals surface area (Å²) in [7, 11) is 0. The van der Waals surface area contributed by atoms with Crippen LogP contribution in [-0.2, 0) is 13.0 Å². The molecule has 0 amide bonds.